The summed E-state index contributed by atoms with van der Waals surface area (Å²) in [5, 5.41) is 14.9. The molecule has 5 heteroatoms. The Kier molecular flexibility index (Phi) is 5.35. The Morgan fingerprint density at radius 1 is 1.32 bits per heavy atom. The number of nitrogens with zero attached hydrogens (tertiary/aromatic N) is 2. The summed E-state index contributed by atoms with van der Waals surface area (Å²) >= 11 is 1.68. The van der Waals surface area contributed by atoms with Crippen LogP contribution in [-0.2, 0) is 13.0 Å². The summed E-state index contributed by atoms with van der Waals surface area (Å²) < 4.78 is 5.20. The molecule has 1 N–H and O–H groups in total. The molecule has 1 aromatic carbocycles. The molecule has 1 heterocycles. The number of nitrogens with one attached hydrogen (secondary N) is 1. The lowest BCUT2D eigenvalue weighted by Crippen LogP contribution is -2.16. The van der Waals surface area contributed by atoms with Crippen LogP contribution in [-0.4, -0.2) is 18.1 Å². The maximum Gasteiger partial charge on any atom is 0.174 e. The first-order valence-electron chi connectivity index (χ1n) is 6.06. The highest BCUT2D eigenvalue weighted by Crippen LogP contribution is 2.11. The molecule has 0 bridgehead atoms. The van der Waals surface area contributed by atoms with Gasteiger partial charge in [0.05, 0.1) is 5.01 Å². The van der Waals surface area contributed by atoms with Crippen LogP contribution in [0.4, 0.5) is 0 Å². The Bertz CT molecular complexity index is 517. The number of ether oxygens (including phenoxy) is 1. The molecule has 0 radical (unpaired) electrons. The topological polar surface area (TPSA) is 57.9 Å². The van der Waals surface area contributed by atoms with Crippen molar-refractivity contribution in [1.82, 2.24) is 10.3 Å². The van der Waals surface area contributed by atoms with Crippen LogP contribution in [0.25, 0.3) is 0 Å². The predicted molar refractivity (Wildman–Crippen MR) is 75.1 cm³/mol. The minimum absolute atomic E-state index is 0.0887. The van der Waals surface area contributed by atoms with E-state index in [0.717, 1.165) is 30.3 Å². The molecule has 0 atom stereocenters. The lowest BCUT2D eigenvalue weighted by Gasteiger charge is -2.05. The van der Waals surface area contributed by atoms with E-state index in [1.807, 2.05) is 41.9 Å². The van der Waals surface area contributed by atoms with Crippen molar-refractivity contribution in [1.29, 1.82) is 5.26 Å². The molecule has 0 saturated carbocycles. The summed E-state index contributed by atoms with van der Waals surface area (Å²) in [6, 6.07) is 9.72. The molecule has 0 aliphatic heterocycles. The molecule has 0 aliphatic carbocycles. The van der Waals surface area contributed by atoms with Crippen LogP contribution >= 0.6 is 11.3 Å². The highest BCUT2D eigenvalue weighted by molar-refractivity contribution is 7.09. The van der Waals surface area contributed by atoms with Gasteiger partial charge in [-0.15, -0.1) is 11.3 Å². The second kappa shape index (κ2) is 7.52. The van der Waals surface area contributed by atoms with Crippen LogP contribution < -0.4 is 10.1 Å². The van der Waals surface area contributed by atoms with Crippen molar-refractivity contribution in [2.45, 2.75) is 13.0 Å². The lowest BCUT2D eigenvalue weighted by molar-refractivity contribution is 0.368. The molecular formula is C14H15N3OS. The first-order valence-corrected chi connectivity index (χ1v) is 6.94. The van der Waals surface area contributed by atoms with Crippen molar-refractivity contribution >= 4 is 11.3 Å². The van der Waals surface area contributed by atoms with Crippen molar-refractivity contribution in [3.05, 3.63) is 46.4 Å². The van der Waals surface area contributed by atoms with Crippen LogP contribution in [0.3, 0.4) is 0 Å². The van der Waals surface area contributed by atoms with E-state index in [1.54, 1.807) is 11.3 Å². The van der Waals surface area contributed by atoms with Gasteiger partial charge in [0.15, 0.2) is 6.61 Å². The predicted octanol–water partition coefficient (Wildman–Crippen LogP) is 2.38. The van der Waals surface area contributed by atoms with Gasteiger partial charge in [-0.25, -0.2) is 4.98 Å². The third-order valence-electron chi connectivity index (χ3n) is 2.55. The fourth-order valence-electron chi connectivity index (χ4n) is 1.62. The molecule has 0 saturated heterocycles. The van der Waals surface area contributed by atoms with Crippen molar-refractivity contribution in [3.63, 3.8) is 0 Å². The number of nitriles is 1. The quantitative estimate of drug-likeness (QED) is 0.787. The molecule has 0 amide bonds. The highest BCUT2D eigenvalue weighted by Gasteiger charge is 1.97. The number of benzene rings is 1. The van der Waals surface area contributed by atoms with Gasteiger partial charge in [0, 0.05) is 31.1 Å². The average Bonchev–Trinajstić information content (AvgIpc) is 2.96. The summed E-state index contributed by atoms with van der Waals surface area (Å²) in [7, 11) is 0. The molecule has 98 valence electrons. The zero-order valence-electron chi connectivity index (χ0n) is 10.5. The summed E-state index contributed by atoms with van der Waals surface area (Å²) in [6.45, 7) is 1.83. The summed E-state index contributed by atoms with van der Waals surface area (Å²) in [6.07, 6.45) is 2.79. The van der Waals surface area contributed by atoms with E-state index >= 15 is 0 Å². The molecule has 0 aliphatic rings. The number of hydrogen-bond acceptors (Lipinski definition) is 5. The normalized spacial score (nSPS) is 10.1. The van der Waals surface area contributed by atoms with Crippen LogP contribution in [0.5, 0.6) is 5.75 Å². The van der Waals surface area contributed by atoms with Crippen molar-refractivity contribution in [2.75, 3.05) is 13.2 Å². The Morgan fingerprint density at radius 2 is 2.16 bits per heavy atom. The number of rotatable bonds is 7. The van der Waals surface area contributed by atoms with E-state index in [4.69, 9.17) is 10.00 Å². The maximum atomic E-state index is 8.41. The zero-order valence-corrected chi connectivity index (χ0v) is 11.3. The molecule has 0 fully saturated rings. The molecule has 1 aromatic heterocycles. The minimum atomic E-state index is 0.0887. The first kappa shape index (κ1) is 13.5. The number of hydrogen-bond donors (Lipinski definition) is 1. The molecule has 0 unspecified atom stereocenters. The van der Waals surface area contributed by atoms with Crippen LogP contribution in [0, 0.1) is 11.3 Å². The van der Waals surface area contributed by atoms with Crippen LogP contribution in [0.15, 0.2) is 35.8 Å². The van der Waals surface area contributed by atoms with Gasteiger partial charge in [-0.1, -0.05) is 12.1 Å². The first-order chi connectivity index (χ1) is 9.38. The zero-order chi connectivity index (χ0) is 13.3. The SMILES string of the molecule is N#CCOc1ccc(CNCCc2nccs2)cc1. The van der Waals surface area contributed by atoms with Gasteiger partial charge in [0.25, 0.3) is 0 Å². The van der Waals surface area contributed by atoms with E-state index in [-0.39, 0.29) is 6.61 Å². The largest absolute Gasteiger partial charge is 0.479 e. The van der Waals surface area contributed by atoms with E-state index < -0.39 is 0 Å². The molecular weight excluding hydrogens is 258 g/mol. The third-order valence-corrected chi connectivity index (χ3v) is 3.39. The lowest BCUT2D eigenvalue weighted by atomic mass is 10.2. The Hall–Kier alpha value is -1.90. The van der Waals surface area contributed by atoms with Crippen LogP contribution in [0.2, 0.25) is 0 Å². The highest BCUT2D eigenvalue weighted by atomic mass is 32.1. The van der Waals surface area contributed by atoms with Gasteiger partial charge in [0.1, 0.15) is 11.8 Å². The number of thiazole rings is 1. The smallest absolute Gasteiger partial charge is 0.174 e. The van der Waals surface area contributed by atoms with Crippen molar-refractivity contribution < 1.29 is 4.74 Å². The average molecular weight is 273 g/mol. The fourth-order valence-corrected chi connectivity index (χ4v) is 2.24. The van der Waals surface area contributed by atoms with Gasteiger partial charge in [0.2, 0.25) is 0 Å². The van der Waals surface area contributed by atoms with Crippen molar-refractivity contribution in [2.24, 2.45) is 0 Å². The summed E-state index contributed by atoms with van der Waals surface area (Å²) in [4.78, 5) is 4.24. The number of aromatic nitrogens is 1. The summed E-state index contributed by atoms with van der Waals surface area (Å²) in [5.41, 5.74) is 1.20. The standard InChI is InChI=1S/C14H15N3OS/c15-6-9-18-13-3-1-12(2-4-13)11-16-7-5-14-17-8-10-19-14/h1-4,8,10,16H,5,7,9,11H2. The molecule has 4 nitrogen and oxygen atoms in total. The van der Waals surface area contributed by atoms with E-state index in [1.165, 1.54) is 5.56 Å². The maximum absolute atomic E-state index is 8.41. The molecule has 19 heavy (non-hydrogen) atoms. The van der Waals surface area contributed by atoms with E-state index in [9.17, 15) is 0 Å². The third kappa shape index (κ3) is 4.70. The van der Waals surface area contributed by atoms with Crippen molar-refractivity contribution in [3.8, 4) is 11.8 Å². The fraction of sp³-hybridized carbons (Fsp3) is 0.286. The second-order valence-corrected chi connectivity index (χ2v) is 4.92. The van der Waals surface area contributed by atoms with Gasteiger partial charge in [-0.05, 0) is 17.7 Å². The van der Waals surface area contributed by atoms with Gasteiger partial charge >= 0.3 is 0 Å². The Morgan fingerprint density at radius 3 is 2.84 bits per heavy atom. The Balaban J connectivity index is 1.69. The molecule has 2 aromatic rings. The second-order valence-electron chi connectivity index (χ2n) is 3.94. The van der Waals surface area contributed by atoms with Crippen LogP contribution in [0.1, 0.15) is 10.6 Å². The van der Waals surface area contributed by atoms with Gasteiger partial charge in [-0.3, -0.25) is 0 Å². The monoisotopic (exact) mass is 273 g/mol. The van der Waals surface area contributed by atoms with Gasteiger partial charge < -0.3 is 10.1 Å². The molecule has 2 rings (SSSR count). The Labute approximate surface area is 116 Å². The minimum Gasteiger partial charge on any atom is -0.479 e. The van der Waals surface area contributed by atoms with Gasteiger partial charge in [-0.2, -0.15) is 5.26 Å². The van der Waals surface area contributed by atoms with E-state index in [2.05, 4.69) is 10.3 Å². The summed E-state index contributed by atoms with van der Waals surface area (Å²) in [5.74, 6) is 0.730. The molecule has 0 spiro atoms. The van der Waals surface area contributed by atoms with E-state index in [0.29, 0.717) is 0 Å².